The van der Waals surface area contributed by atoms with Crippen LogP contribution in [0.1, 0.15) is 13.3 Å². The molecule has 0 radical (unpaired) electrons. The van der Waals surface area contributed by atoms with Gasteiger partial charge in [-0.25, -0.2) is 0 Å². The number of rotatable bonds is 6. The lowest BCUT2D eigenvalue weighted by Gasteiger charge is -2.14. The molecular weight excluding hydrogens is 213 g/mol. The summed E-state index contributed by atoms with van der Waals surface area (Å²) in [7, 11) is 0. The molecule has 0 aliphatic carbocycles. The molecule has 0 aliphatic heterocycles. The Morgan fingerprint density at radius 2 is 2.07 bits per heavy atom. The van der Waals surface area contributed by atoms with E-state index in [-0.39, 0.29) is 18.9 Å². The summed E-state index contributed by atoms with van der Waals surface area (Å²) in [6.07, 6.45) is -6.90. The SMILES string of the molecule is CCNC(=O)CCNCC(O)C(F)(F)F. The largest absolute Gasteiger partial charge is 0.415 e. The monoisotopic (exact) mass is 228 g/mol. The molecule has 3 N–H and O–H groups in total. The normalized spacial score (nSPS) is 13.7. The molecule has 0 aromatic carbocycles. The first-order valence-corrected chi connectivity index (χ1v) is 4.60. The van der Waals surface area contributed by atoms with Crippen molar-refractivity contribution in [3.63, 3.8) is 0 Å². The molecule has 0 aliphatic rings. The van der Waals surface area contributed by atoms with Crippen LogP contribution < -0.4 is 10.6 Å². The fourth-order valence-corrected chi connectivity index (χ4v) is 0.842. The summed E-state index contributed by atoms with van der Waals surface area (Å²) in [5.74, 6) is -0.230. The fourth-order valence-electron chi connectivity index (χ4n) is 0.842. The van der Waals surface area contributed by atoms with Gasteiger partial charge in [-0.05, 0) is 6.92 Å². The molecule has 90 valence electrons. The molecule has 0 rings (SSSR count). The van der Waals surface area contributed by atoms with Crippen molar-refractivity contribution in [3.05, 3.63) is 0 Å². The van der Waals surface area contributed by atoms with Crippen molar-refractivity contribution >= 4 is 5.91 Å². The van der Waals surface area contributed by atoms with Gasteiger partial charge >= 0.3 is 6.18 Å². The second kappa shape index (κ2) is 6.62. The summed E-state index contributed by atoms with van der Waals surface area (Å²) >= 11 is 0. The number of hydrogen-bond donors (Lipinski definition) is 3. The predicted molar refractivity (Wildman–Crippen MR) is 48.2 cm³/mol. The molecule has 0 bridgehead atoms. The van der Waals surface area contributed by atoms with E-state index in [2.05, 4.69) is 10.6 Å². The highest BCUT2D eigenvalue weighted by Gasteiger charge is 2.37. The number of alkyl halides is 3. The Hall–Kier alpha value is -0.820. The number of halogens is 3. The van der Waals surface area contributed by atoms with E-state index in [0.29, 0.717) is 6.54 Å². The van der Waals surface area contributed by atoms with E-state index in [1.807, 2.05) is 0 Å². The molecule has 1 unspecified atom stereocenters. The quantitative estimate of drug-likeness (QED) is 0.562. The number of aliphatic hydroxyl groups excluding tert-OH is 1. The van der Waals surface area contributed by atoms with E-state index in [1.165, 1.54) is 0 Å². The highest BCUT2D eigenvalue weighted by molar-refractivity contribution is 5.75. The third kappa shape index (κ3) is 7.15. The molecular formula is C8H15F3N2O2. The second-order valence-electron chi connectivity index (χ2n) is 2.97. The molecule has 15 heavy (non-hydrogen) atoms. The molecule has 4 nitrogen and oxygen atoms in total. The topological polar surface area (TPSA) is 61.4 Å². The Morgan fingerprint density at radius 3 is 2.53 bits per heavy atom. The van der Waals surface area contributed by atoms with Crippen LogP contribution >= 0.6 is 0 Å². The number of carbonyl (C=O) groups is 1. The minimum atomic E-state index is -4.61. The van der Waals surface area contributed by atoms with E-state index in [4.69, 9.17) is 5.11 Å². The van der Waals surface area contributed by atoms with Crippen LogP contribution in [-0.4, -0.2) is 42.9 Å². The fraction of sp³-hybridized carbons (Fsp3) is 0.875. The maximum atomic E-state index is 11.8. The number of carbonyl (C=O) groups excluding carboxylic acids is 1. The molecule has 7 heteroatoms. The van der Waals surface area contributed by atoms with Gasteiger partial charge in [-0.3, -0.25) is 4.79 Å². The van der Waals surface area contributed by atoms with Gasteiger partial charge in [0.05, 0.1) is 0 Å². The van der Waals surface area contributed by atoms with E-state index in [1.54, 1.807) is 6.92 Å². The summed E-state index contributed by atoms with van der Waals surface area (Å²) in [5.41, 5.74) is 0. The Balaban J connectivity index is 3.51. The zero-order valence-corrected chi connectivity index (χ0v) is 8.40. The molecule has 0 heterocycles. The van der Waals surface area contributed by atoms with Crippen LogP contribution in [0.25, 0.3) is 0 Å². The number of nitrogens with one attached hydrogen (secondary N) is 2. The molecule has 1 amide bonds. The van der Waals surface area contributed by atoms with Crippen molar-refractivity contribution < 1.29 is 23.1 Å². The average Bonchev–Trinajstić information content (AvgIpc) is 2.11. The molecule has 0 spiro atoms. The Kier molecular flexibility index (Phi) is 6.26. The Morgan fingerprint density at radius 1 is 1.47 bits per heavy atom. The van der Waals surface area contributed by atoms with Crippen LogP contribution in [0.3, 0.4) is 0 Å². The number of amides is 1. The molecule has 0 saturated carbocycles. The third-order valence-electron chi connectivity index (χ3n) is 1.62. The first kappa shape index (κ1) is 14.2. The molecule has 0 aromatic rings. The van der Waals surface area contributed by atoms with Crippen molar-refractivity contribution in [2.75, 3.05) is 19.6 Å². The van der Waals surface area contributed by atoms with E-state index in [9.17, 15) is 18.0 Å². The van der Waals surface area contributed by atoms with Gasteiger partial charge in [0, 0.05) is 26.1 Å². The van der Waals surface area contributed by atoms with E-state index in [0.717, 1.165) is 0 Å². The van der Waals surface area contributed by atoms with Crippen LogP contribution in [-0.2, 0) is 4.79 Å². The zero-order valence-electron chi connectivity index (χ0n) is 8.40. The van der Waals surface area contributed by atoms with Crippen LogP contribution in [0.4, 0.5) is 13.2 Å². The molecule has 0 fully saturated rings. The lowest BCUT2D eigenvalue weighted by molar-refractivity contribution is -0.201. The maximum Gasteiger partial charge on any atom is 0.415 e. The minimum Gasteiger partial charge on any atom is -0.382 e. The highest BCUT2D eigenvalue weighted by Crippen LogP contribution is 2.18. The van der Waals surface area contributed by atoms with Gasteiger partial charge < -0.3 is 15.7 Å². The van der Waals surface area contributed by atoms with Crippen LogP contribution in [0.15, 0.2) is 0 Å². The molecule has 0 saturated heterocycles. The summed E-state index contributed by atoms with van der Waals surface area (Å²) in [6, 6.07) is 0. The lowest BCUT2D eigenvalue weighted by Crippen LogP contribution is -2.39. The number of hydrogen-bond acceptors (Lipinski definition) is 3. The van der Waals surface area contributed by atoms with Gasteiger partial charge in [-0.1, -0.05) is 0 Å². The molecule has 1 atom stereocenters. The second-order valence-corrected chi connectivity index (χ2v) is 2.97. The van der Waals surface area contributed by atoms with Crippen molar-refractivity contribution in [2.45, 2.75) is 25.6 Å². The first-order chi connectivity index (χ1) is 6.88. The van der Waals surface area contributed by atoms with Crippen LogP contribution in [0.2, 0.25) is 0 Å². The van der Waals surface area contributed by atoms with Crippen molar-refractivity contribution in [1.82, 2.24) is 10.6 Å². The van der Waals surface area contributed by atoms with Gasteiger partial charge in [-0.15, -0.1) is 0 Å². The lowest BCUT2D eigenvalue weighted by atomic mass is 10.3. The Labute approximate surface area is 85.8 Å². The summed E-state index contributed by atoms with van der Waals surface area (Å²) in [4.78, 5) is 10.8. The number of aliphatic hydroxyl groups is 1. The van der Waals surface area contributed by atoms with Crippen LogP contribution in [0, 0.1) is 0 Å². The third-order valence-corrected chi connectivity index (χ3v) is 1.62. The van der Waals surface area contributed by atoms with Crippen molar-refractivity contribution in [2.24, 2.45) is 0 Å². The average molecular weight is 228 g/mol. The maximum absolute atomic E-state index is 11.8. The van der Waals surface area contributed by atoms with Gasteiger partial charge in [0.15, 0.2) is 6.10 Å². The van der Waals surface area contributed by atoms with Crippen molar-refractivity contribution in [1.29, 1.82) is 0 Å². The van der Waals surface area contributed by atoms with Gasteiger partial charge in [0.2, 0.25) is 5.91 Å². The highest BCUT2D eigenvalue weighted by atomic mass is 19.4. The zero-order chi connectivity index (χ0) is 11.9. The van der Waals surface area contributed by atoms with Gasteiger partial charge in [0.25, 0.3) is 0 Å². The minimum absolute atomic E-state index is 0.0957. The van der Waals surface area contributed by atoms with Crippen molar-refractivity contribution in [3.8, 4) is 0 Å². The van der Waals surface area contributed by atoms with E-state index < -0.39 is 18.8 Å². The smallest absolute Gasteiger partial charge is 0.382 e. The van der Waals surface area contributed by atoms with Crippen LogP contribution in [0.5, 0.6) is 0 Å². The Bertz CT molecular complexity index is 197. The molecule has 0 aromatic heterocycles. The summed E-state index contributed by atoms with van der Waals surface area (Å²) in [6.45, 7) is 1.75. The van der Waals surface area contributed by atoms with E-state index >= 15 is 0 Å². The summed E-state index contributed by atoms with van der Waals surface area (Å²) < 4.78 is 35.4. The van der Waals surface area contributed by atoms with Gasteiger partial charge in [0.1, 0.15) is 0 Å². The van der Waals surface area contributed by atoms with Gasteiger partial charge in [-0.2, -0.15) is 13.2 Å². The standard InChI is InChI=1S/C8H15F3N2O2/c1-2-13-7(15)3-4-12-5-6(14)8(9,10)11/h6,12,14H,2-5H2,1H3,(H,13,15). The summed E-state index contributed by atoms with van der Waals surface area (Å²) in [5, 5.41) is 13.4. The first-order valence-electron chi connectivity index (χ1n) is 4.60. The predicted octanol–water partition coefficient (Wildman–Crippen LogP) is 0.0254.